The number of hydrogen-bond acceptors (Lipinski definition) is 4. The maximum absolute atomic E-state index is 12.0. The van der Waals surface area contributed by atoms with Gasteiger partial charge in [-0.2, -0.15) is 0 Å². The molecule has 3 N–H and O–H groups in total. The number of benzene rings is 1. The Hall–Kier alpha value is -2.08. The smallest absolute Gasteiger partial charge is 0.335 e. The number of rotatable bonds is 6. The molecule has 6 nitrogen and oxygen atoms in total. The van der Waals surface area contributed by atoms with Crippen molar-refractivity contribution in [1.82, 2.24) is 5.32 Å². The molecule has 0 aliphatic carbocycles. The first-order chi connectivity index (χ1) is 10.1. The van der Waals surface area contributed by atoms with Gasteiger partial charge in [0.05, 0.1) is 18.4 Å². The van der Waals surface area contributed by atoms with Crippen molar-refractivity contribution in [2.24, 2.45) is 5.92 Å². The summed E-state index contributed by atoms with van der Waals surface area (Å²) < 4.78 is 5.14. The summed E-state index contributed by atoms with van der Waals surface area (Å²) in [7, 11) is 1.48. The molecule has 6 heteroatoms. The van der Waals surface area contributed by atoms with Crippen LogP contribution < -0.4 is 15.4 Å². The van der Waals surface area contributed by atoms with Crippen LogP contribution in [0.3, 0.4) is 0 Å². The molecule has 0 spiro atoms. The van der Waals surface area contributed by atoms with Gasteiger partial charge < -0.3 is 20.5 Å². The molecule has 0 bridgehead atoms. The van der Waals surface area contributed by atoms with Gasteiger partial charge in [0.25, 0.3) is 0 Å². The minimum atomic E-state index is -1.04. The summed E-state index contributed by atoms with van der Waals surface area (Å²) in [5, 5.41) is 15.0. The Morgan fingerprint density at radius 1 is 1.48 bits per heavy atom. The first-order valence-corrected chi connectivity index (χ1v) is 7.02. The fourth-order valence-electron chi connectivity index (χ4n) is 2.45. The second-order valence-electron chi connectivity index (χ2n) is 5.17. The predicted molar refractivity (Wildman–Crippen MR) is 78.8 cm³/mol. The van der Waals surface area contributed by atoms with Crippen molar-refractivity contribution in [2.45, 2.75) is 19.3 Å². The number of hydrogen-bond donors (Lipinski definition) is 3. The van der Waals surface area contributed by atoms with Crippen LogP contribution in [0.25, 0.3) is 0 Å². The number of amides is 1. The lowest BCUT2D eigenvalue weighted by Gasteiger charge is -2.12. The Labute approximate surface area is 123 Å². The zero-order valence-corrected chi connectivity index (χ0v) is 12.0. The molecule has 1 fully saturated rings. The van der Waals surface area contributed by atoms with Gasteiger partial charge in [0, 0.05) is 6.42 Å². The van der Waals surface area contributed by atoms with E-state index in [2.05, 4.69) is 10.6 Å². The van der Waals surface area contributed by atoms with Gasteiger partial charge in [0.1, 0.15) is 5.75 Å². The average molecular weight is 292 g/mol. The third kappa shape index (κ3) is 4.19. The summed E-state index contributed by atoms with van der Waals surface area (Å²) in [6, 6.07) is 4.40. The van der Waals surface area contributed by atoms with E-state index in [4.69, 9.17) is 9.84 Å². The van der Waals surface area contributed by atoms with Crippen LogP contribution in [-0.2, 0) is 4.79 Å². The third-order valence-electron chi connectivity index (χ3n) is 3.66. The highest BCUT2D eigenvalue weighted by molar-refractivity contribution is 5.95. The summed E-state index contributed by atoms with van der Waals surface area (Å²) in [6.45, 7) is 1.98. The molecule has 21 heavy (non-hydrogen) atoms. The zero-order chi connectivity index (χ0) is 15.2. The van der Waals surface area contributed by atoms with Gasteiger partial charge in [-0.3, -0.25) is 4.79 Å². The molecule has 1 unspecified atom stereocenters. The van der Waals surface area contributed by atoms with E-state index in [0.717, 1.165) is 25.9 Å². The van der Waals surface area contributed by atoms with Crippen LogP contribution in [0.15, 0.2) is 18.2 Å². The monoisotopic (exact) mass is 292 g/mol. The Bertz CT molecular complexity index is 524. The molecule has 1 atom stereocenters. The van der Waals surface area contributed by atoms with Gasteiger partial charge in [-0.15, -0.1) is 0 Å². The van der Waals surface area contributed by atoms with Crippen LogP contribution in [0, 0.1) is 5.92 Å². The van der Waals surface area contributed by atoms with E-state index >= 15 is 0 Å². The first-order valence-electron chi connectivity index (χ1n) is 7.02. The Morgan fingerprint density at radius 2 is 2.29 bits per heavy atom. The highest BCUT2D eigenvalue weighted by atomic mass is 16.5. The van der Waals surface area contributed by atoms with Crippen molar-refractivity contribution in [1.29, 1.82) is 0 Å². The Kier molecular flexibility index (Phi) is 5.16. The van der Waals surface area contributed by atoms with Gasteiger partial charge in [0.15, 0.2) is 0 Å². The number of ether oxygens (including phenoxy) is 1. The molecule has 0 aromatic heterocycles. The number of nitrogens with one attached hydrogen (secondary N) is 2. The van der Waals surface area contributed by atoms with E-state index in [1.807, 2.05) is 0 Å². The number of anilines is 1. The summed E-state index contributed by atoms with van der Waals surface area (Å²) in [6.07, 6.45) is 2.36. The SMILES string of the molecule is COc1ccc(C(=O)O)cc1NC(=O)CCC1CCNC1. The van der Waals surface area contributed by atoms with E-state index in [9.17, 15) is 9.59 Å². The van der Waals surface area contributed by atoms with Crippen molar-refractivity contribution in [3.05, 3.63) is 23.8 Å². The van der Waals surface area contributed by atoms with Gasteiger partial charge in [0.2, 0.25) is 5.91 Å². The van der Waals surface area contributed by atoms with E-state index in [1.165, 1.54) is 19.2 Å². The first kappa shape index (κ1) is 15.3. The Morgan fingerprint density at radius 3 is 2.90 bits per heavy atom. The van der Waals surface area contributed by atoms with Crippen LogP contribution in [0.4, 0.5) is 5.69 Å². The lowest BCUT2D eigenvalue weighted by Crippen LogP contribution is -2.15. The molecular weight excluding hydrogens is 272 g/mol. The number of methoxy groups -OCH3 is 1. The van der Waals surface area contributed by atoms with E-state index in [-0.39, 0.29) is 11.5 Å². The number of aromatic carboxylic acids is 1. The van der Waals surface area contributed by atoms with Crippen LogP contribution in [0.5, 0.6) is 5.75 Å². The fourth-order valence-corrected chi connectivity index (χ4v) is 2.45. The standard InChI is InChI=1S/C15H20N2O4/c1-21-13-4-3-11(15(19)20)8-12(13)17-14(18)5-2-10-6-7-16-9-10/h3-4,8,10,16H,2,5-7,9H2,1H3,(H,17,18)(H,19,20). The van der Waals surface area contributed by atoms with Crippen LogP contribution >= 0.6 is 0 Å². The van der Waals surface area contributed by atoms with Crippen molar-refractivity contribution in [3.63, 3.8) is 0 Å². The van der Waals surface area contributed by atoms with Gasteiger partial charge in [-0.1, -0.05) is 0 Å². The molecule has 1 aromatic carbocycles. The largest absolute Gasteiger partial charge is 0.495 e. The second-order valence-corrected chi connectivity index (χ2v) is 5.17. The molecule has 1 saturated heterocycles. The number of carbonyl (C=O) groups is 2. The molecule has 1 aliphatic heterocycles. The van der Waals surface area contributed by atoms with Crippen molar-refractivity contribution >= 4 is 17.6 Å². The summed E-state index contributed by atoms with van der Waals surface area (Å²) in [4.78, 5) is 23.0. The average Bonchev–Trinajstić information content (AvgIpc) is 2.98. The maximum Gasteiger partial charge on any atom is 0.335 e. The summed E-state index contributed by atoms with van der Waals surface area (Å²) in [5.74, 6) is -0.160. The maximum atomic E-state index is 12.0. The highest BCUT2D eigenvalue weighted by Crippen LogP contribution is 2.26. The molecule has 1 amide bonds. The van der Waals surface area contributed by atoms with Crippen LogP contribution in [-0.4, -0.2) is 37.2 Å². The lowest BCUT2D eigenvalue weighted by atomic mass is 10.0. The van der Waals surface area contributed by atoms with Gasteiger partial charge in [-0.05, 0) is 50.0 Å². The zero-order valence-electron chi connectivity index (χ0n) is 12.0. The second kappa shape index (κ2) is 7.08. The molecule has 1 aliphatic rings. The molecular formula is C15H20N2O4. The normalized spacial score (nSPS) is 17.5. The van der Waals surface area contributed by atoms with Crippen molar-refractivity contribution in [2.75, 3.05) is 25.5 Å². The number of carboxylic acid groups (broad SMARTS) is 1. The lowest BCUT2D eigenvalue weighted by molar-refractivity contribution is -0.116. The van der Waals surface area contributed by atoms with E-state index in [0.29, 0.717) is 23.8 Å². The highest BCUT2D eigenvalue weighted by Gasteiger charge is 2.17. The third-order valence-corrected chi connectivity index (χ3v) is 3.66. The van der Waals surface area contributed by atoms with Crippen LogP contribution in [0.1, 0.15) is 29.6 Å². The van der Waals surface area contributed by atoms with E-state index in [1.54, 1.807) is 6.07 Å². The van der Waals surface area contributed by atoms with Crippen LogP contribution in [0.2, 0.25) is 0 Å². The minimum Gasteiger partial charge on any atom is -0.495 e. The summed E-state index contributed by atoms with van der Waals surface area (Å²) in [5.41, 5.74) is 0.512. The minimum absolute atomic E-state index is 0.117. The number of carbonyl (C=O) groups excluding carboxylic acids is 1. The molecule has 2 rings (SSSR count). The predicted octanol–water partition coefficient (Wildman–Crippen LogP) is 1.72. The topological polar surface area (TPSA) is 87.7 Å². The van der Waals surface area contributed by atoms with Gasteiger partial charge >= 0.3 is 5.97 Å². The molecule has 0 saturated carbocycles. The molecule has 1 heterocycles. The molecule has 0 radical (unpaired) electrons. The van der Waals surface area contributed by atoms with E-state index < -0.39 is 5.97 Å². The fraction of sp³-hybridized carbons (Fsp3) is 0.467. The van der Waals surface area contributed by atoms with Gasteiger partial charge in [-0.25, -0.2) is 4.79 Å². The summed E-state index contributed by atoms with van der Waals surface area (Å²) >= 11 is 0. The quantitative estimate of drug-likeness (QED) is 0.743. The van der Waals surface area contributed by atoms with Crippen molar-refractivity contribution < 1.29 is 19.4 Å². The number of carboxylic acids is 1. The molecule has 1 aromatic rings. The Balaban J connectivity index is 1.97. The molecule has 114 valence electrons. The van der Waals surface area contributed by atoms with Crippen molar-refractivity contribution in [3.8, 4) is 5.75 Å².